The third-order valence-corrected chi connectivity index (χ3v) is 3.91. The average molecular weight is 221 g/mol. The molecule has 1 saturated heterocycles. The molecule has 0 amide bonds. The molecule has 90 valence electrons. The van der Waals surface area contributed by atoms with Gasteiger partial charge in [0.25, 0.3) is 0 Å². The first kappa shape index (κ1) is 11.6. The van der Waals surface area contributed by atoms with E-state index < -0.39 is 0 Å². The Morgan fingerprint density at radius 1 is 1.56 bits per heavy atom. The number of nitrogens with one attached hydrogen (secondary N) is 1. The Morgan fingerprint density at radius 3 is 2.88 bits per heavy atom. The van der Waals surface area contributed by atoms with Crippen LogP contribution < -0.4 is 5.32 Å². The van der Waals surface area contributed by atoms with Gasteiger partial charge in [0.15, 0.2) is 0 Å². The number of rotatable bonds is 4. The van der Waals surface area contributed by atoms with Crippen LogP contribution in [0.3, 0.4) is 0 Å². The highest BCUT2D eigenvalue weighted by Crippen LogP contribution is 2.31. The van der Waals surface area contributed by atoms with Gasteiger partial charge in [-0.25, -0.2) is 0 Å². The minimum atomic E-state index is 0.307. The van der Waals surface area contributed by atoms with E-state index in [2.05, 4.69) is 37.4 Å². The smallest absolute Gasteiger partial charge is 0.0522 e. The van der Waals surface area contributed by atoms with Crippen molar-refractivity contribution in [3.8, 4) is 0 Å². The highest BCUT2D eigenvalue weighted by atomic mass is 15.3. The quantitative estimate of drug-likeness (QED) is 0.845. The van der Waals surface area contributed by atoms with E-state index in [1.54, 1.807) is 0 Å². The molecule has 3 nitrogen and oxygen atoms in total. The van der Waals surface area contributed by atoms with Gasteiger partial charge in [-0.3, -0.25) is 4.68 Å². The molecule has 0 saturated carbocycles. The molecule has 0 spiro atoms. The monoisotopic (exact) mass is 221 g/mol. The molecule has 16 heavy (non-hydrogen) atoms. The van der Waals surface area contributed by atoms with Gasteiger partial charge >= 0.3 is 0 Å². The first-order valence-electron chi connectivity index (χ1n) is 6.42. The van der Waals surface area contributed by atoms with Crippen LogP contribution in [0.5, 0.6) is 0 Å². The van der Waals surface area contributed by atoms with Crippen molar-refractivity contribution in [2.24, 2.45) is 5.92 Å². The maximum Gasteiger partial charge on any atom is 0.0522 e. The molecule has 1 aliphatic rings. The maximum absolute atomic E-state index is 4.36. The van der Waals surface area contributed by atoms with Crippen LogP contribution in [0.25, 0.3) is 0 Å². The van der Waals surface area contributed by atoms with Crippen molar-refractivity contribution in [3.63, 3.8) is 0 Å². The van der Waals surface area contributed by atoms with Gasteiger partial charge in [-0.1, -0.05) is 13.8 Å². The van der Waals surface area contributed by atoms with Crippen LogP contribution in [0.1, 0.15) is 39.2 Å². The Labute approximate surface area is 98.2 Å². The molecule has 1 aromatic rings. The molecule has 1 unspecified atom stereocenters. The Kier molecular flexibility index (Phi) is 3.33. The Bertz CT molecular complexity index is 335. The highest BCUT2D eigenvalue weighted by Gasteiger charge is 2.36. The molecule has 1 atom stereocenters. The van der Waals surface area contributed by atoms with Crippen molar-refractivity contribution in [1.29, 1.82) is 0 Å². The van der Waals surface area contributed by atoms with Crippen LogP contribution in [0, 0.1) is 5.92 Å². The van der Waals surface area contributed by atoms with Crippen LogP contribution in [-0.2, 0) is 13.0 Å². The topological polar surface area (TPSA) is 29.9 Å². The van der Waals surface area contributed by atoms with Crippen LogP contribution in [0.2, 0.25) is 0 Å². The summed E-state index contributed by atoms with van der Waals surface area (Å²) in [6.07, 6.45) is 7.92. The van der Waals surface area contributed by atoms with Crippen molar-refractivity contribution in [2.75, 3.05) is 6.54 Å². The summed E-state index contributed by atoms with van der Waals surface area (Å²) in [5, 5.41) is 8.06. The van der Waals surface area contributed by atoms with E-state index in [-0.39, 0.29) is 0 Å². The van der Waals surface area contributed by atoms with Gasteiger partial charge in [-0.15, -0.1) is 0 Å². The number of hydrogen-bond acceptors (Lipinski definition) is 2. The Hall–Kier alpha value is -0.830. The minimum absolute atomic E-state index is 0.307. The van der Waals surface area contributed by atoms with Gasteiger partial charge in [0.1, 0.15) is 0 Å². The zero-order valence-electron chi connectivity index (χ0n) is 10.7. The highest BCUT2D eigenvalue weighted by molar-refractivity contribution is 5.12. The third kappa shape index (κ3) is 2.14. The lowest BCUT2D eigenvalue weighted by Gasteiger charge is -2.33. The van der Waals surface area contributed by atoms with Gasteiger partial charge in [0.05, 0.1) is 6.20 Å². The summed E-state index contributed by atoms with van der Waals surface area (Å²) in [4.78, 5) is 0. The second-order valence-corrected chi connectivity index (χ2v) is 5.22. The summed E-state index contributed by atoms with van der Waals surface area (Å²) in [7, 11) is 0. The van der Waals surface area contributed by atoms with E-state index in [9.17, 15) is 0 Å². The SMILES string of the molecule is CCn1cc(CC2(C(C)C)CCCN2)cn1. The Morgan fingerprint density at radius 2 is 2.38 bits per heavy atom. The fraction of sp³-hybridized carbons (Fsp3) is 0.769. The molecule has 1 aromatic heterocycles. The number of aryl methyl sites for hydroxylation is 1. The predicted molar refractivity (Wildman–Crippen MR) is 66.4 cm³/mol. The number of aromatic nitrogens is 2. The van der Waals surface area contributed by atoms with Gasteiger partial charge in [-0.05, 0) is 44.2 Å². The van der Waals surface area contributed by atoms with Gasteiger partial charge in [0.2, 0.25) is 0 Å². The summed E-state index contributed by atoms with van der Waals surface area (Å²) in [6, 6.07) is 0. The lowest BCUT2D eigenvalue weighted by atomic mass is 9.80. The second kappa shape index (κ2) is 4.58. The molecular weight excluding hydrogens is 198 g/mol. The standard InChI is InChI=1S/C13H23N3/c1-4-16-10-12(9-15-16)8-13(11(2)3)6-5-7-14-13/h9-11,14H,4-8H2,1-3H3. The molecular formula is C13H23N3. The van der Waals surface area contributed by atoms with Crippen molar-refractivity contribution in [3.05, 3.63) is 18.0 Å². The van der Waals surface area contributed by atoms with E-state index in [4.69, 9.17) is 0 Å². The largest absolute Gasteiger partial charge is 0.311 e. The van der Waals surface area contributed by atoms with E-state index in [1.165, 1.54) is 24.9 Å². The van der Waals surface area contributed by atoms with Crippen LogP contribution in [0.4, 0.5) is 0 Å². The van der Waals surface area contributed by atoms with Crippen LogP contribution in [-0.4, -0.2) is 21.9 Å². The summed E-state index contributed by atoms with van der Waals surface area (Å²) >= 11 is 0. The summed E-state index contributed by atoms with van der Waals surface area (Å²) in [5.74, 6) is 0.681. The van der Waals surface area contributed by atoms with Crippen molar-refractivity contribution in [2.45, 2.75) is 52.1 Å². The lowest BCUT2D eigenvalue weighted by Crippen LogP contribution is -2.46. The summed E-state index contributed by atoms with van der Waals surface area (Å²) < 4.78 is 2.01. The maximum atomic E-state index is 4.36. The van der Waals surface area contributed by atoms with Crippen molar-refractivity contribution >= 4 is 0 Å². The zero-order chi connectivity index (χ0) is 11.6. The van der Waals surface area contributed by atoms with Crippen LogP contribution >= 0.6 is 0 Å². The summed E-state index contributed by atoms with van der Waals surface area (Å²) in [5.41, 5.74) is 1.67. The van der Waals surface area contributed by atoms with Gasteiger partial charge < -0.3 is 5.32 Å². The number of nitrogens with zero attached hydrogens (tertiary/aromatic N) is 2. The molecule has 2 rings (SSSR count). The molecule has 1 aliphatic heterocycles. The molecule has 2 heterocycles. The minimum Gasteiger partial charge on any atom is -0.311 e. The van der Waals surface area contributed by atoms with Gasteiger partial charge in [0, 0.05) is 18.3 Å². The van der Waals surface area contributed by atoms with E-state index >= 15 is 0 Å². The third-order valence-electron chi connectivity index (χ3n) is 3.91. The summed E-state index contributed by atoms with van der Waals surface area (Å²) in [6.45, 7) is 8.90. The predicted octanol–water partition coefficient (Wildman–Crippen LogP) is 2.22. The molecule has 3 heteroatoms. The molecule has 0 aliphatic carbocycles. The van der Waals surface area contributed by atoms with E-state index in [0.717, 1.165) is 13.0 Å². The fourth-order valence-corrected chi connectivity index (χ4v) is 2.71. The fourth-order valence-electron chi connectivity index (χ4n) is 2.71. The molecule has 0 aromatic carbocycles. The molecule has 1 N–H and O–H groups in total. The molecule has 0 radical (unpaired) electrons. The molecule has 1 fully saturated rings. The Balaban J connectivity index is 2.11. The zero-order valence-corrected chi connectivity index (χ0v) is 10.7. The normalized spacial score (nSPS) is 25.5. The van der Waals surface area contributed by atoms with Crippen LogP contribution in [0.15, 0.2) is 12.4 Å². The van der Waals surface area contributed by atoms with Crippen molar-refractivity contribution in [1.82, 2.24) is 15.1 Å². The first-order chi connectivity index (χ1) is 7.66. The molecule has 0 bridgehead atoms. The van der Waals surface area contributed by atoms with E-state index in [0.29, 0.717) is 11.5 Å². The lowest BCUT2D eigenvalue weighted by molar-refractivity contribution is 0.269. The van der Waals surface area contributed by atoms with Gasteiger partial charge in [-0.2, -0.15) is 5.10 Å². The average Bonchev–Trinajstić information content (AvgIpc) is 2.88. The number of hydrogen-bond donors (Lipinski definition) is 1. The first-order valence-corrected chi connectivity index (χ1v) is 6.42. The van der Waals surface area contributed by atoms with E-state index in [1.807, 2.05) is 10.9 Å². The second-order valence-electron chi connectivity index (χ2n) is 5.22. The van der Waals surface area contributed by atoms with Crippen molar-refractivity contribution < 1.29 is 0 Å².